The van der Waals surface area contributed by atoms with E-state index in [0.717, 1.165) is 31.5 Å². The summed E-state index contributed by atoms with van der Waals surface area (Å²) in [6, 6.07) is 2.46. The van der Waals surface area contributed by atoms with Crippen LogP contribution in [0.15, 0.2) is 23.8 Å². The Bertz CT molecular complexity index is 680. The number of carbonyl (C=O) groups is 1. The van der Waals surface area contributed by atoms with E-state index in [-0.39, 0.29) is 6.03 Å². The summed E-state index contributed by atoms with van der Waals surface area (Å²) in [5, 5.41) is 12.2. The number of rotatable bonds is 6. The standard InChI is InChI=1S/C17H25N5OS/c1-13(22-7-4-16-15(12-22)5-8-24-16)9-19-17(23)18-6-3-14-10-20-21(2)11-14/h5,8,10-11,13H,3-4,6-7,9,12H2,1-2H3,(H2,18,19,23). The van der Waals surface area contributed by atoms with Crippen LogP contribution < -0.4 is 10.6 Å². The van der Waals surface area contributed by atoms with Crippen molar-refractivity contribution in [1.29, 1.82) is 0 Å². The molecule has 1 unspecified atom stereocenters. The average Bonchev–Trinajstić information content (AvgIpc) is 3.20. The maximum absolute atomic E-state index is 11.9. The summed E-state index contributed by atoms with van der Waals surface area (Å²) in [7, 11) is 1.89. The Balaban J connectivity index is 1.35. The van der Waals surface area contributed by atoms with Crippen LogP contribution in [0, 0.1) is 0 Å². The van der Waals surface area contributed by atoms with E-state index in [0.29, 0.717) is 19.1 Å². The Kier molecular flexibility index (Phi) is 5.52. The molecule has 2 aromatic rings. The first-order valence-corrected chi connectivity index (χ1v) is 9.28. The molecule has 0 radical (unpaired) electrons. The molecule has 7 heteroatoms. The molecule has 2 amide bonds. The molecular weight excluding hydrogens is 322 g/mol. The highest BCUT2D eigenvalue weighted by molar-refractivity contribution is 7.10. The van der Waals surface area contributed by atoms with Crippen molar-refractivity contribution in [1.82, 2.24) is 25.3 Å². The Morgan fingerprint density at radius 3 is 3.12 bits per heavy atom. The number of amides is 2. The quantitative estimate of drug-likeness (QED) is 0.837. The first kappa shape index (κ1) is 17.0. The molecule has 1 aliphatic heterocycles. The molecular formula is C17H25N5OS. The van der Waals surface area contributed by atoms with Crippen LogP contribution in [0.5, 0.6) is 0 Å². The Morgan fingerprint density at radius 2 is 2.33 bits per heavy atom. The molecule has 0 bridgehead atoms. The summed E-state index contributed by atoms with van der Waals surface area (Å²) in [5.41, 5.74) is 2.57. The van der Waals surface area contributed by atoms with Gasteiger partial charge in [0.1, 0.15) is 0 Å². The van der Waals surface area contributed by atoms with Gasteiger partial charge in [0, 0.05) is 50.3 Å². The van der Waals surface area contributed by atoms with E-state index in [1.54, 1.807) is 4.68 Å². The number of nitrogens with zero attached hydrogens (tertiary/aromatic N) is 3. The van der Waals surface area contributed by atoms with Gasteiger partial charge in [0.2, 0.25) is 0 Å². The average molecular weight is 347 g/mol. The van der Waals surface area contributed by atoms with Gasteiger partial charge in [-0.3, -0.25) is 9.58 Å². The summed E-state index contributed by atoms with van der Waals surface area (Å²) in [6.45, 7) is 5.52. The Morgan fingerprint density at radius 1 is 1.46 bits per heavy atom. The van der Waals surface area contributed by atoms with Crippen molar-refractivity contribution < 1.29 is 4.79 Å². The number of fused-ring (bicyclic) bond motifs is 1. The number of hydrogen-bond donors (Lipinski definition) is 2. The highest BCUT2D eigenvalue weighted by Gasteiger charge is 2.21. The number of thiophene rings is 1. The van der Waals surface area contributed by atoms with Gasteiger partial charge in [-0.1, -0.05) is 0 Å². The predicted molar refractivity (Wildman–Crippen MR) is 96.2 cm³/mol. The summed E-state index contributed by atoms with van der Waals surface area (Å²) < 4.78 is 1.77. The largest absolute Gasteiger partial charge is 0.338 e. The molecule has 0 fully saturated rings. The third kappa shape index (κ3) is 4.36. The van der Waals surface area contributed by atoms with Crippen LogP contribution in [0.1, 0.15) is 22.9 Å². The molecule has 1 atom stereocenters. The predicted octanol–water partition coefficient (Wildman–Crippen LogP) is 1.77. The molecule has 0 saturated heterocycles. The molecule has 0 aliphatic carbocycles. The van der Waals surface area contributed by atoms with Gasteiger partial charge in [0.25, 0.3) is 0 Å². The lowest BCUT2D eigenvalue weighted by atomic mass is 10.1. The minimum absolute atomic E-state index is 0.0982. The van der Waals surface area contributed by atoms with E-state index in [9.17, 15) is 4.79 Å². The van der Waals surface area contributed by atoms with E-state index < -0.39 is 0 Å². The monoisotopic (exact) mass is 347 g/mol. The Hall–Kier alpha value is -1.86. The normalized spacial score (nSPS) is 15.8. The number of hydrogen-bond acceptors (Lipinski definition) is 4. The van der Waals surface area contributed by atoms with Crippen molar-refractivity contribution in [3.05, 3.63) is 39.8 Å². The van der Waals surface area contributed by atoms with Gasteiger partial charge in [-0.2, -0.15) is 5.10 Å². The number of carbonyl (C=O) groups excluding carboxylic acids is 1. The lowest BCUT2D eigenvalue weighted by Crippen LogP contribution is -2.46. The molecule has 0 spiro atoms. The SMILES string of the molecule is CC(CNC(=O)NCCc1cnn(C)c1)N1CCc2sccc2C1. The first-order valence-electron chi connectivity index (χ1n) is 8.40. The van der Waals surface area contributed by atoms with Gasteiger partial charge in [-0.05, 0) is 42.3 Å². The van der Waals surface area contributed by atoms with Gasteiger partial charge in [-0.15, -0.1) is 11.3 Å². The second kappa shape index (κ2) is 7.81. The second-order valence-electron chi connectivity index (χ2n) is 6.35. The fraction of sp³-hybridized carbons (Fsp3) is 0.529. The number of urea groups is 1. The summed E-state index contributed by atoms with van der Waals surface area (Å²) in [4.78, 5) is 15.9. The molecule has 130 valence electrons. The minimum atomic E-state index is -0.0982. The molecule has 3 rings (SSSR count). The van der Waals surface area contributed by atoms with Gasteiger partial charge >= 0.3 is 6.03 Å². The minimum Gasteiger partial charge on any atom is -0.338 e. The smallest absolute Gasteiger partial charge is 0.314 e. The van der Waals surface area contributed by atoms with Crippen molar-refractivity contribution in [3.63, 3.8) is 0 Å². The van der Waals surface area contributed by atoms with Crippen LogP contribution >= 0.6 is 11.3 Å². The van der Waals surface area contributed by atoms with Crippen LogP contribution in [0.25, 0.3) is 0 Å². The van der Waals surface area contributed by atoms with Crippen LogP contribution in [0.4, 0.5) is 4.79 Å². The van der Waals surface area contributed by atoms with Crippen LogP contribution in [-0.2, 0) is 26.4 Å². The van der Waals surface area contributed by atoms with Crippen LogP contribution in [0.3, 0.4) is 0 Å². The van der Waals surface area contributed by atoms with E-state index >= 15 is 0 Å². The zero-order valence-corrected chi connectivity index (χ0v) is 15.1. The zero-order valence-electron chi connectivity index (χ0n) is 14.3. The lowest BCUT2D eigenvalue weighted by molar-refractivity contribution is 0.186. The summed E-state index contributed by atoms with van der Waals surface area (Å²) in [5.74, 6) is 0. The zero-order chi connectivity index (χ0) is 16.9. The fourth-order valence-electron chi connectivity index (χ4n) is 3.00. The molecule has 0 aromatic carbocycles. The van der Waals surface area contributed by atoms with Crippen LogP contribution in [-0.4, -0.2) is 46.4 Å². The van der Waals surface area contributed by atoms with Gasteiger partial charge in [0.15, 0.2) is 0 Å². The van der Waals surface area contributed by atoms with Gasteiger partial charge in [-0.25, -0.2) is 4.79 Å². The number of aromatic nitrogens is 2. The summed E-state index contributed by atoms with van der Waals surface area (Å²) >= 11 is 1.85. The topological polar surface area (TPSA) is 62.2 Å². The third-order valence-corrected chi connectivity index (χ3v) is 5.50. The number of nitrogens with one attached hydrogen (secondary N) is 2. The highest BCUT2D eigenvalue weighted by atomic mass is 32.1. The summed E-state index contributed by atoms with van der Waals surface area (Å²) in [6.07, 6.45) is 5.71. The van der Waals surface area contributed by atoms with Crippen molar-refractivity contribution in [2.24, 2.45) is 7.05 Å². The maximum Gasteiger partial charge on any atom is 0.314 e. The molecule has 24 heavy (non-hydrogen) atoms. The lowest BCUT2D eigenvalue weighted by Gasteiger charge is -2.32. The fourth-order valence-corrected chi connectivity index (χ4v) is 3.89. The molecule has 3 heterocycles. The van der Waals surface area contributed by atoms with Crippen LogP contribution in [0.2, 0.25) is 0 Å². The van der Waals surface area contributed by atoms with Crippen molar-refractivity contribution in [2.45, 2.75) is 32.4 Å². The molecule has 2 N–H and O–H groups in total. The molecule has 1 aliphatic rings. The molecule has 2 aromatic heterocycles. The first-order chi connectivity index (χ1) is 11.6. The van der Waals surface area contributed by atoms with Crippen molar-refractivity contribution >= 4 is 17.4 Å². The van der Waals surface area contributed by atoms with E-state index in [2.05, 4.69) is 39.0 Å². The van der Waals surface area contributed by atoms with E-state index in [1.165, 1.54) is 10.4 Å². The number of aryl methyl sites for hydroxylation is 1. The van der Waals surface area contributed by atoms with Gasteiger partial charge < -0.3 is 10.6 Å². The van der Waals surface area contributed by atoms with Gasteiger partial charge in [0.05, 0.1) is 6.20 Å². The van der Waals surface area contributed by atoms with Crippen molar-refractivity contribution in [3.8, 4) is 0 Å². The molecule has 0 saturated carbocycles. The van der Waals surface area contributed by atoms with E-state index in [4.69, 9.17) is 0 Å². The third-order valence-electron chi connectivity index (χ3n) is 4.48. The van der Waals surface area contributed by atoms with E-state index in [1.807, 2.05) is 30.8 Å². The maximum atomic E-state index is 11.9. The second-order valence-corrected chi connectivity index (χ2v) is 7.35. The molecule has 6 nitrogen and oxygen atoms in total. The van der Waals surface area contributed by atoms with Crippen molar-refractivity contribution in [2.75, 3.05) is 19.6 Å². The highest BCUT2D eigenvalue weighted by Crippen LogP contribution is 2.24. The Labute approximate surface area is 146 Å².